The van der Waals surface area contributed by atoms with Crippen LogP contribution in [0.5, 0.6) is 0 Å². The van der Waals surface area contributed by atoms with Crippen molar-refractivity contribution in [2.45, 2.75) is 25.8 Å². The lowest BCUT2D eigenvalue weighted by Crippen LogP contribution is -2.45. The Bertz CT molecular complexity index is 1560. The Morgan fingerprint density at radius 3 is 2.86 bits per heavy atom. The lowest BCUT2D eigenvalue weighted by atomic mass is 10.0. The van der Waals surface area contributed by atoms with Crippen LogP contribution in [0.4, 0.5) is 30.6 Å². The number of rotatable bonds is 4. The predicted molar refractivity (Wildman–Crippen MR) is 141 cm³/mol. The molecule has 6 rings (SSSR count). The minimum absolute atomic E-state index is 0.0236. The maximum atomic E-state index is 14.5. The van der Waals surface area contributed by atoms with Crippen molar-refractivity contribution < 1.29 is 18.4 Å². The van der Waals surface area contributed by atoms with Gasteiger partial charge in [0.15, 0.2) is 11.6 Å². The van der Waals surface area contributed by atoms with E-state index in [1.54, 1.807) is 30.5 Å². The molecule has 4 aromatic rings. The van der Waals surface area contributed by atoms with Crippen molar-refractivity contribution in [1.29, 1.82) is 0 Å². The van der Waals surface area contributed by atoms with Gasteiger partial charge in [-0.1, -0.05) is 24.3 Å². The topological polar surface area (TPSA) is 86.4 Å². The van der Waals surface area contributed by atoms with E-state index in [1.165, 1.54) is 28.4 Å². The Morgan fingerprint density at radius 1 is 1.19 bits per heavy atom. The molecule has 37 heavy (non-hydrogen) atoms. The van der Waals surface area contributed by atoms with Gasteiger partial charge in [-0.15, -0.1) is 11.3 Å². The normalized spacial score (nSPS) is 17.1. The number of piperidine rings is 1. The number of nitrogens with one attached hydrogen (secondary N) is 3. The van der Waals surface area contributed by atoms with Gasteiger partial charge in [-0.25, -0.2) is 18.6 Å². The lowest BCUT2D eigenvalue weighted by Gasteiger charge is -2.30. The summed E-state index contributed by atoms with van der Waals surface area (Å²) in [7, 11) is 0. The average Bonchev–Trinajstić information content (AvgIpc) is 3.27. The summed E-state index contributed by atoms with van der Waals surface area (Å²) < 4.78 is 28.5. The highest BCUT2D eigenvalue weighted by Gasteiger charge is 2.34. The number of carbonyl (C=O) groups is 2. The van der Waals surface area contributed by atoms with Crippen LogP contribution in [0.3, 0.4) is 0 Å². The van der Waals surface area contributed by atoms with Gasteiger partial charge in [-0.05, 0) is 55.6 Å². The van der Waals surface area contributed by atoms with Crippen molar-refractivity contribution in [1.82, 2.24) is 15.6 Å². The van der Waals surface area contributed by atoms with Crippen LogP contribution in [0.2, 0.25) is 0 Å². The number of anilines is 3. The van der Waals surface area contributed by atoms with E-state index in [-0.39, 0.29) is 17.5 Å². The number of nitrogens with zero attached hydrogens (tertiary/aromatic N) is 2. The summed E-state index contributed by atoms with van der Waals surface area (Å²) in [6, 6.07) is 10.4. The first-order valence-electron chi connectivity index (χ1n) is 12.0. The second kappa shape index (κ2) is 9.20. The first kappa shape index (κ1) is 23.5. The molecule has 188 valence electrons. The number of hydrogen-bond donors (Lipinski definition) is 3. The highest BCUT2D eigenvalue weighted by atomic mass is 32.1. The number of aromatic nitrogens is 1. The molecule has 0 bridgehead atoms. The van der Waals surface area contributed by atoms with Crippen molar-refractivity contribution in [3.05, 3.63) is 70.7 Å². The largest absolute Gasteiger partial charge is 0.347 e. The third kappa shape index (κ3) is 4.02. The molecule has 0 radical (unpaired) electrons. The van der Waals surface area contributed by atoms with Crippen LogP contribution in [0.25, 0.3) is 21.3 Å². The van der Waals surface area contributed by atoms with E-state index >= 15 is 0 Å². The molecule has 0 aliphatic carbocycles. The zero-order valence-corrected chi connectivity index (χ0v) is 20.7. The highest BCUT2D eigenvalue weighted by molar-refractivity contribution is 7.21. The maximum Gasteiger partial charge on any atom is 0.331 e. The number of amides is 3. The SMILES string of the molecule is Cc1ccc(-c2cccc(F)c2F)cc1N1C(=O)Nc2c(C(=O)N[C@@H]3CCCNC3)sc3nccc1c23. The molecule has 7 nitrogen and oxygen atoms in total. The van der Waals surface area contributed by atoms with Gasteiger partial charge >= 0.3 is 6.03 Å². The van der Waals surface area contributed by atoms with Crippen LogP contribution >= 0.6 is 11.3 Å². The molecular weight excluding hydrogens is 496 g/mol. The van der Waals surface area contributed by atoms with Crippen LogP contribution in [0.1, 0.15) is 28.1 Å². The average molecular weight is 520 g/mol. The van der Waals surface area contributed by atoms with Crippen molar-refractivity contribution >= 4 is 50.6 Å². The van der Waals surface area contributed by atoms with E-state index < -0.39 is 17.7 Å². The third-order valence-electron chi connectivity index (χ3n) is 6.80. The number of carbonyl (C=O) groups excluding carboxylic acids is 2. The Morgan fingerprint density at radius 2 is 2.05 bits per heavy atom. The summed E-state index contributed by atoms with van der Waals surface area (Å²) in [5.41, 5.74) is 2.83. The summed E-state index contributed by atoms with van der Waals surface area (Å²) in [6.45, 7) is 3.48. The molecule has 2 aromatic heterocycles. The molecule has 1 fully saturated rings. The van der Waals surface area contributed by atoms with Crippen LogP contribution in [0, 0.1) is 18.6 Å². The van der Waals surface area contributed by atoms with E-state index in [2.05, 4.69) is 20.9 Å². The molecule has 2 aliphatic heterocycles. The molecular formula is C27H23F2N5O2S. The number of urea groups is 1. The summed E-state index contributed by atoms with van der Waals surface area (Å²) >= 11 is 1.23. The molecule has 4 heterocycles. The fraction of sp³-hybridized carbons (Fsp3) is 0.222. The first-order valence-corrected chi connectivity index (χ1v) is 12.8. The number of pyridine rings is 1. The third-order valence-corrected chi connectivity index (χ3v) is 7.89. The smallest absolute Gasteiger partial charge is 0.331 e. The number of benzene rings is 2. The second-order valence-electron chi connectivity index (χ2n) is 9.20. The second-order valence-corrected chi connectivity index (χ2v) is 10.2. The zero-order valence-electron chi connectivity index (χ0n) is 19.9. The van der Waals surface area contributed by atoms with E-state index in [9.17, 15) is 18.4 Å². The maximum absolute atomic E-state index is 14.5. The van der Waals surface area contributed by atoms with Crippen LogP contribution in [-0.2, 0) is 0 Å². The molecule has 3 amide bonds. The van der Waals surface area contributed by atoms with Crippen molar-refractivity contribution in [3.8, 4) is 11.1 Å². The van der Waals surface area contributed by atoms with E-state index in [0.717, 1.165) is 31.0 Å². The van der Waals surface area contributed by atoms with Crippen molar-refractivity contribution in [3.63, 3.8) is 0 Å². The molecule has 1 saturated heterocycles. The summed E-state index contributed by atoms with van der Waals surface area (Å²) in [5.74, 6) is -2.13. The minimum atomic E-state index is -0.948. The zero-order chi connectivity index (χ0) is 25.7. The fourth-order valence-electron chi connectivity index (χ4n) is 4.95. The number of thiophene rings is 1. The Hall–Kier alpha value is -3.89. The molecule has 2 aromatic carbocycles. The van der Waals surface area contributed by atoms with Gasteiger partial charge < -0.3 is 16.0 Å². The molecule has 10 heteroatoms. The Labute approximate surface area is 215 Å². The van der Waals surface area contributed by atoms with Crippen LogP contribution in [0.15, 0.2) is 48.7 Å². The molecule has 0 unspecified atom stereocenters. The number of hydrogen-bond acceptors (Lipinski definition) is 5. The van der Waals surface area contributed by atoms with Crippen molar-refractivity contribution in [2.24, 2.45) is 0 Å². The predicted octanol–water partition coefficient (Wildman–Crippen LogP) is 5.72. The first-order chi connectivity index (χ1) is 17.9. The quantitative estimate of drug-likeness (QED) is 0.322. The molecule has 2 aliphatic rings. The molecule has 0 spiro atoms. The Balaban J connectivity index is 1.43. The number of aryl methyl sites for hydroxylation is 1. The Kier molecular flexibility index (Phi) is 5.85. The number of halogens is 2. The van der Waals surface area contributed by atoms with Crippen LogP contribution in [-0.4, -0.2) is 36.1 Å². The van der Waals surface area contributed by atoms with Gasteiger partial charge in [0.2, 0.25) is 0 Å². The van der Waals surface area contributed by atoms with Crippen molar-refractivity contribution in [2.75, 3.05) is 23.3 Å². The van der Waals surface area contributed by atoms with E-state index in [4.69, 9.17) is 0 Å². The van der Waals surface area contributed by atoms with Gasteiger partial charge in [-0.2, -0.15) is 0 Å². The van der Waals surface area contributed by atoms with Gasteiger partial charge in [0.05, 0.1) is 22.4 Å². The fourth-order valence-corrected chi connectivity index (χ4v) is 5.98. The standard InChI is InChI=1S/C27H23F2N5O2S/c1-14-7-8-15(17-5-2-6-18(28)22(17)29)12-20(14)34-19-9-11-31-26-21(19)23(33-27(34)36)24(37-26)25(35)32-16-4-3-10-30-13-16/h2,5-9,11-12,16,30H,3-4,10,13H2,1H3,(H,32,35)(H,33,36)/t16-/m1/s1. The van der Waals surface area contributed by atoms with E-state index in [1.807, 2.05) is 6.92 Å². The summed E-state index contributed by atoms with van der Waals surface area (Å²) in [6.07, 6.45) is 3.48. The minimum Gasteiger partial charge on any atom is -0.347 e. The molecule has 0 saturated carbocycles. The van der Waals surface area contributed by atoms with Gasteiger partial charge in [-0.3, -0.25) is 9.69 Å². The van der Waals surface area contributed by atoms with E-state index in [0.29, 0.717) is 44.3 Å². The monoisotopic (exact) mass is 519 g/mol. The molecule has 1 atom stereocenters. The van der Waals surface area contributed by atoms with Gasteiger partial charge in [0, 0.05) is 24.3 Å². The summed E-state index contributed by atoms with van der Waals surface area (Å²) in [5, 5.41) is 9.91. The van der Waals surface area contributed by atoms with Gasteiger partial charge in [0.1, 0.15) is 9.71 Å². The lowest BCUT2D eigenvalue weighted by molar-refractivity contribution is 0.0935. The van der Waals surface area contributed by atoms with Gasteiger partial charge in [0.25, 0.3) is 5.91 Å². The summed E-state index contributed by atoms with van der Waals surface area (Å²) in [4.78, 5) is 33.7. The molecule has 3 N–H and O–H groups in total. The highest BCUT2D eigenvalue weighted by Crippen LogP contribution is 2.46. The van der Waals surface area contributed by atoms with Crippen LogP contribution < -0.4 is 20.9 Å².